The predicted molar refractivity (Wildman–Crippen MR) is 190 cm³/mol. The van der Waals surface area contributed by atoms with Gasteiger partial charge in [-0.15, -0.1) is 0 Å². The Hall–Kier alpha value is -6.18. The maximum Gasteiger partial charge on any atom is 0.411 e. The lowest BCUT2D eigenvalue weighted by Crippen LogP contribution is -2.54. The van der Waals surface area contributed by atoms with Gasteiger partial charge < -0.3 is 41.9 Å². The van der Waals surface area contributed by atoms with Crippen LogP contribution in [0.3, 0.4) is 0 Å². The average molecular weight is 737 g/mol. The zero-order valence-corrected chi connectivity index (χ0v) is 27.8. The number of allylic oxidation sites excluding steroid dienone is 4. The molecule has 4 aromatic rings. The van der Waals surface area contributed by atoms with Crippen molar-refractivity contribution in [1.29, 1.82) is 0 Å². The Kier molecular flexibility index (Phi) is 9.50. The molecule has 6 rings (SSSR count). The molecule has 2 aliphatic carbocycles. The maximum atomic E-state index is 15.3. The molecule has 0 aromatic heterocycles. The number of ether oxygens (including phenoxy) is 4. The van der Waals surface area contributed by atoms with Crippen LogP contribution in [-0.4, -0.2) is 23.9 Å². The van der Waals surface area contributed by atoms with Crippen LogP contribution in [0.15, 0.2) is 145 Å². The number of rotatable bonds is 10. The van der Waals surface area contributed by atoms with Crippen molar-refractivity contribution in [3.05, 3.63) is 145 Å². The van der Waals surface area contributed by atoms with Gasteiger partial charge >= 0.3 is 12.4 Å². The molecule has 0 atom stereocenters. The van der Waals surface area contributed by atoms with Crippen molar-refractivity contribution >= 4 is 22.7 Å². The largest absolute Gasteiger partial charge is 0.448 e. The van der Waals surface area contributed by atoms with Crippen molar-refractivity contribution in [3.63, 3.8) is 0 Å². The van der Waals surface area contributed by atoms with Gasteiger partial charge in [-0.1, -0.05) is 24.3 Å². The molecule has 8 N–H and O–H groups in total. The molecular formula is C39H34F6N4O4. The number of nitrogen functional groups attached to an aromatic ring is 4. The van der Waals surface area contributed by atoms with Gasteiger partial charge in [-0.3, -0.25) is 0 Å². The summed E-state index contributed by atoms with van der Waals surface area (Å²) in [7, 11) is 0. The van der Waals surface area contributed by atoms with Crippen molar-refractivity contribution in [3.8, 4) is 23.0 Å². The van der Waals surface area contributed by atoms with Crippen molar-refractivity contribution < 1.29 is 45.3 Å². The SMILES string of the molecule is Nc1ccc(OC2(Oc3ccc(N)cc3)C=CC(C(C3=CCC(Oc4ccc(N)cc4)(Oc4ccc(N)cc4)C=C3)(C(F)(F)F)C(F)(F)F)=CC2)cc1. The minimum atomic E-state index is -5.87. The number of alkyl halides is 6. The van der Waals surface area contributed by atoms with Crippen molar-refractivity contribution in [2.75, 3.05) is 22.9 Å². The van der Waals surface area contributed by atoms with Crippen molar-refractivity contribution in [2.45, 2.75) is 36.8 Å². The fourth-order valence-electron chi connectivity index (χ4n) is 6.03. The second-order valence-electron chi connectivity index (χ2n) is 12.4. The molecule has 0 amide bonds. The minimum absolute atomic E-state index is 0.200. The summed E-state index contributed by atoms with van der Waals surface area (Å²) in [5, 5.41) is 0. The molecule has 0 fully saturated rings. The first-order valence-electron chi connectivity index (χ1n) is 16.1. The molecule has 0 spiro atoms. The van der Waals surface area contributed by atoms with Gasteiger partial charge in [0.2, 0.25) is 5.41 Å². The first-order valence-corrected chi connectivity index (χ1v) is 16.1. The van der Waals surface area contributed by atoms with E-state index in [0.29, 0.717) is 22.7 Å². The van der Waals surface area contributed by atoms with E-state index in [1.165, 1.54) is 97.1 Å². The monoisotopic (exact) mass is 736 g/mol. The zero-order chi connectivity index (χ0) is 38.1. The molecule has 4 aromatic carbocycles. The Balaban J connectivity index is 1.39. The highest BCUT2D eigenvalue weighted by Crippen LogP contribution is 2.61. The van der Waals surface area contributed by atoms with E-state index in [0.717, 1.165) is 36.5 Å². The van der Waals surface area contributed by atoms with Gasteiger partial charge in [-0.25, -0.2) is 0 Å². The molecule has 0 bridgehead atoms. The van der Waals surface area contributed by atoms with E-state index in [9.17, 15) is 0 Å². The summed E-state index contributed by atoms with van der Waals surface area (Å²) in [6.07, 6.45) is -7.68. The summed E-state index contributed by atoms with van der Waals surface area (Å²) < 4.78 is 116. The van der Waals surface area contributed by atoms with Crippen molar-refractivity contribution in [2.24, 2.45) is 5.41 Å². The predicted octanol–water partition coefficient (Wildman–Crippen LogP) is 8.91. The number of hydrogen-bond donors (Lipinski definition) is 4. The second-order valence-corrected chi connectivity index (χ2v) is 12.4. The Morgan fingerprint density at radius 1 is 0.415 bits per heavy atom. The topological polar surface area (TPSA) is 141 Å². The Morgan fingerprint density at radius 2 is 0.660 bits per heavy atom. The molecular weight excluding hydrogens is 702 g/mol. The molecule has 14 heteroatoms. The molecule has 0 saturated carbocycles. The third-order valence-corrected chi connectivity index (χ3v) is 8.65. The highest BCUT2D eigenvalue weighted by molar-refractivity contribution is 5.51. The lowest BCUT2D eigenvalue weighted by atomic mass is 9.68. The Labute approximate surface area is 300 Å². The van der Waals surface area contributed by atoms with E-state index < -0.39 is 53.3 Å². The summed E-state index contributed by atoms with van der Waals surface area (Å²) in [5.74, 6) is -2.92. The molecule has 276 valence electrons. The molecule has 0 unspecified atom stereocenters. The molecule has 2 aliphatic rings. The fourth-order valence-corrected chi connectivity index (χ4v) is 6.03. The second kappa shape index (κ2) is 13.7. The van der Waals surface area contributed by atoms with E-state index in [4.69, 9.17) is 41.9 Å². The van der Waals surface area contributed by atoms with Crippen LogP contribution in [0.1, 0.15) is 12.8 Å². The Bertz CT molecular complexity index is 1790. The van der Waals surface area contributed by atoms with Crippen LogP contribution in [0.25, 0.3) is 0 Å². The van der Waals surface area contributed by atoms with Crippen LogP contribution in [0.5, 0.6) is 23.0 Å². The first kappa shape index (κ1) is 36.6. The van der Waals surface area contributed by atoms with E-state index in [-0.39, 0.29) is 23.0 Å². The van der Waals surface area contributed by atoms with Gasteiger partial charge in [-0.2, -0.15) is 26.3 Å². The summed E-state index contributed by atoms with van der Waals surface area (Å²) >= 11 is 0. The van der Waals surface area contributed by atoms with Crippen molar-refractivity contribution in [1.82, 2.24) is 0 Å². The summed E-state index contributed by atoms with van der Waals surface area (Å²) in [4.78, 5) is 0. The first-order chi connectivity index (χ1) is 25.0. The van der Waals surface area contributed by atoms with Gasteiger partial charge in [0, 0.05) is 47.7 Å². The number of hydrogen-bond acceptors (Lipinski definition) is 8. The Morgan fingerprint density at radius 3 is 0.849 bits per heavy atom. The highest BCUT2D eigenvalue weighted by atomic mass is 19.4. The number of anilines is 4. The molecule has 0 saturated heterocycles. The van der Waals surface area contributed by atoms with Crippen LogP contribution >= 0.6 is 0 Å². The van der Waals surface area contributed by atoms with Crippen LogP contribution in [0, 0.1) is 5.41 Å². The summed E-state index contributed by atoms with van der Waals surface area (Å²) in [6, 6.07) is 24.1. The van der Waals surface area contributed by atoms with Gasteiger partial charge in [0.15, 0.2) is 0 Å². The number of halogens is 6. The summed E-state index contributed by atoms with van der Waals surface area (Å²) in [6.45, 7) is 0. The van der Waals surface area contributed by atoms with Gasteiger partial charge in [0.1, 0.15) is 23.0 Å². The normalized spacial score (nSPS) is 16.6. The standard InChI is InChI=1S/C39H34F6N4O4/c40-38(41,42)37(39(43,44)45,25-17-21-35(22-18-25,50-31-9-1-27(46)2-10-31)51-32-11-3-28(47)4-12-32)26-19-23-36(24-20-26,52-33-13-5-29(48)6-14-33)53-34-15-7-30(49)8-16-34/h1-21,23H,22,24,46-49H2. The van der Waals surface area contributed by atoms with Gasteiger partial charge in [0.05, 0.1) is 0 Å². The molecule has 0 aliphatic heterocycles. The molecule has 0 heterocycles. The van der Waals surface area contributed by atoms with Gasteiger partial charge in [0.25, 0.3) is 11.6 Å². The zero-order valence-electron chi connectivity index (χ0n) is 27.8. The number of benzene rings is 4. The van der Waals surface area contributed by atoms with E-state index in [2.05, 4.69) is 0 Å². The lowest BCUT2D eigenvalue weighted by molar-refractivity contribution is -0.309. The minimum Gasteiger partial charge on any atom is -0.448 e. The summed E-state index contributed by atoms with van der Waals surface area (Å²) in [5.41, 5.74) is 18.1. The van der Waals surface area contributed by atoms with Crippen LogP contribution in [-0.2, 0) is 0 Å². The molecule has 8 nitrogen and oxygen atoms in total. The smallest absolute Gasteiger partial charge is 0.411 e. The highest BCUT2D eigenvalue weighted by Gasteiger charge is 2.74. The third-order valence-electron chi connectivity index (χ3n) is 8.65. The third kappa shape index (κ3) is 7.57. The van der Waals surface area contributed by atoms with Crippen LogP contribution in [0.2, 0.25) is 0 Å². The quantitative estimate of drug-likeness (QED) is 0.0719. The van der Waals surface area contributed by atoms with E-state index in [1.54, 1.807) is 0 Å². The van der Waals surface area contributed by atoms with E-state index in [1.807, 2.05) is 0 Å². The number of nitrogens with two attached hydrogens (primary N) is 4. The molecule has 53 heavy (non-hydrogen) atoms. The van der Waals surface area contributed by atoms with Crippen LogP contribution in [0.4, 0.5) is 49.1 Å². The van der Waals surface area contributed by atoms with E-state index >= 15 is 26.3 Å². The molecule has 0 radical (unpaired) electrons. The maximum absolute atomic E-state index is 15.3. The van der Waals surface area contributed by atoms with Gasteiger partial charge in [-0.05, 0) is 108 Å². The average Bonchev–Trinajstić information content (AvgIpc) is 3.10. The lowest BCUT2D eigenvalue weighted by Gasteiger charge is -2.43. The van der Waals surface area contributed by atoms with Crippen LogP contribution < -0.4 is 41.9 Å². The fraction of sp³-hybridized carbons (Fsp3) is 0.179.